The molecule has 0 aliphatic rings. The molecular weight excluding hydrogens is 388 g/mol. The predicted octanol–water partition coefficient (Wildman–Crippen LogP) is 4.07. The van der Waals surface area contributed by atoms with Crippen LogP contribution in [0.3, 0.4) is 0 Å². The Labute approximate surface area is 163 Å². The third-order valence-electron chi connectivity index (χ3n) is 3.93. The molecule has 0 saturated carbocycles. The molecule has 3 aromatic rings. The van der Waals surface area contributed by atoms with Crippen LogP contribution in [-0.4, -0.2) is 22.8 Å². The maximum atomic E-state index is 13.4. The fourth-order valence-corrected chi connectivity index (χ4v) is 3.18. The lowest BCUT2D eigenvalue weighted by molar-refractivity contribution is -0.118. The van der Waals surface area contributed by atoms with Gasteiger partial charge in [0.25, 0.3) is 5.91 Å². The average molecular weight is 405 g/mol. The second-order valence-corrected chi connectivity index (χ2v) is 7.19. The minimum atomic E-state index is -0.975. The fourth-order valence-electron chi connectivity index (χ4n) is 2.46. The Bertz CT molecular complexity index is 986. The average Bonchev–Trinajstić information content (AvgIpc) is 3.33. The van der Waals surface area contributed by atoms with E-state index < -0.39 is 29.5 Å². The van der Waals surface area contributed by atoms with Crippen LogP contribution in [-0.2, 0) is 4.79 Å². The highest BCUT2D eigenvalue weighted by atomic mass is 32.1. The van der Waals surface area contributed by atoms with Crippen molar-refractivity contribution in [3.8, 4) is 11.3 Å². The zero-order valence-corrected chi connectivity index (χ0v) is 15.8. The standard InChI is InChI=1S/C19H17F2N3O3S/c1-10(2)16(23-17(25)15-4-3-7-27-15)18(26)24-19-22-14(9-28-19)11-5-6-12(20)13(21)8-11/h3-10,16H,1-2H3,(H,23,25)(H,22,24,26)/t16-/m0/s1. The number of nitrogens with zero attached hydrogens (tertiary/aromatic N) is 1. The Morgan fingerprint density at radius 3 is 2.61 bits per heavy atom. The van der Waals surface area contributed by atoms with Crippen LogP contribution in [0.2, 0.25) is 0 Å². The Morgan fingerprint density at radius 1 is 1.18 bits per heavy atom. The third kappa shape index (κ3) is 4.42. The summed E-state index contributed by atoms with van der Waals surface area (Å²) in [6.07, 6.45) is 1.37. The SMILES string of the molecule is CC(C)[C@H](NC(=O)c1ccco1)C(=O)Nc1nc(-c2ccc(F)c(F)c2)cs1. The molecule has 2 N–H and O–H groups in total. The molecule has 2 amide bonds. The Hall–Kier alpha value is -3.07. The second kappa shape index (κ2) is 8.30. The summed E-state index contributed by atoms with van der Waals surface area (Å²) in [5, 5.41) is 7.18. The molecule has 0 saturated heterocycles. The van der Waals surface area contributed by atoms with Crippen molar-refractivity contribution in [2.45, 2.75) is 19.9 Å². The number of nitrogens with one attached hydrogen (secondary N) is 2. The second-order valence-electron chi connectivity index (χ2n) is 6.33. The van der Waals surface area contributed by atoms with E-state index in [-0.39, 0.29) is 16.8 Å². The molecule has 2 heterocycles. The molecule has 1 atom stereocenters. The van der Waals surface area contributed by atoms with Crippen LogP contribution in [0.1, 0.15) is 24.4 Å². The molecule has 0 radical (unpaired) electrons. The van der Waals surface area contributed by atoms with Gasteiger partial charge in [-0.25, -0.2) is 13.8 Å². The van der Waals surface area contributed by atoms with Crippen LogP contribution in [0.4, 0.5) is 13.9 Å². The van der Waals surface area contributed by atoms with Crippen molar-refractivity contribution in [2.75, 3.05) is 5.32 Å². The number of anilines is 1. The van der Waals surface area contributed by atoms with Crippen molar-refractivity contribution in [1.29, 1.82) is 0 Å². The molecule has 9 heteroatoms. The highest BCUT2D eigenvalue weighted by Gasteiger charge is 2.26. The van der Waals surface area contributed by atoms with Crippen molar-refractivity contribution in [2.24, 2.45) is 5.92 Å². The largest absolute Gasteiger partial charge is 0.459 e. The van der Waals surface area contributed by atoms with E-state index in [1.807, 2.05) is 0 Å². The van der Waals surface area contributed by atoms with E-state index >= 15 is 0 Å². The first kappa shape index (κ1) is 19.7. The van der Waals surface area contributed by atoms with Gasteiger partial charge in [0, 0.05) is 10.9 Å². The van der Waals surface area contributed by atoms with Crippen LogP contribution in [0, 0.1) is 17.6 Å². The molecule has 0 unspecified atom stereocenters. The van der Waals surface area contributed by atoms with Gasteiger partial charge in [0.15, 0.2) is 22.5 Å². The number of carbonyl (C=O) groups is 2. The highest BCUT2D eigenvalue weighted by Crippen LogP contribution is 2.26. The number of hydrogen-bond donors (Lipinski definition) is 2. The molecule has 0 spiro atoms. The zero-order chi connectivity index (χ0) is 20.3. The van der Waals surface area contributed by atoms with Gasteiger partial charge in [-0.05, 0) is 36.2 Å². The van der Waals surface area contributed by atoms with Crippen molar-refractivity contribution in [1.82, 2.24) is 10.3 Å². The van der Waals surface area contributed by atoms with Gasteiger partial charge in [0.1, 0.15) is 6.04 Å². The number of carbonyl (C=O) groups excluding carboxylic acids is 2. The summed E-state index contributed by atoms with van der Waals surface area (Å²) in [5.74, 6) is -2.95. The van der Waals surface area contributed by atoms with Crippen LogP contribution < -0.4 is 10.6 Å². The van der Waals surface area contributed by atoms with E-state index in [0.29, 0.717) is 11.3 Å². The first-order valence-corrected chi connectivity index (χ1v) is 9.29. The van der Waals surface area contributed by atoms with Gasteiger partial charge in [-0.2, -0.15) is 0 Å². The molecule has 0 aliphatic heterocycles. The van der Waals surface area contributed by atoms with Crippen molar-refractivity contribution in [3.63, 3.8) is 0 Å². The molecule has 146 valence electrons. The highest BCUT2D eigenvalue weighted by molar-refractivity contribution is 7.14. The van der Waals surface area contributed by atoms with Gasteiger partial charge in [0.05, 0.1) is 12.0 Å². The fraction of sp³-hybridized carbons (Fsp3) is 0.211. The Kier molecular flexibility index (Phi) is 5.84. The Balaban J connectivity index is 1.71. The number of benzene rings is 1. The number of hydrogen-bond acceptors (Lipinski definition) is 5. The minimum Gasteiger partial charge on any atom is -0.459 e. The monoisotopic (exact) mass is 405 g/mol. The van der Waals surface area contributed by atoms with E-state index in [9.17, 15) is 18.4 Å². The maximum absolute atomic E-state index is 13.4. The molecule has 1 aromatic carbocycles. The lowest BCUT2D eigenvalue weighted by Gasteiger charge is -2.20. The summed E-state index contributed by atoms with van der Waals surface area (Å²) in [7, 11) is 0. The lowest BCUT2D eigenvalue weighted by Crippen LogP contribution is -2.47. The topological polar surface area (TPSA) is 84.2 Å². The number of furan rings is 1. The number of amides is 2. The number of thiazole rings is 1. The van der Waals surface area contributed by atoms with E-state index in [1.165, 1.54) is 18.4 Å². The molecule has 2 aromatic heterocycles. The van der Waals surface area contributed by atoms with Crippen molar-refractivity contribution < 1.29 is 22.8 Å². The number of rotatable bonds is 6. The molecule has 0 aliphatic carbocycles. The van der Waals surface area contributed by atoms with Crippen molar-refractivity contribution >= 4 is 28.3 Å². The van der Waals surface area contributed by atoms with E-state index in [4.69, 9.17) is 4.42 Å². The summed E-state index contributed by atoms with van der Waals surface area (Å²) >= 11 is 1.14. The molecule has 3 rings (SSSR count). The summed E-state index contributed by atoms with van der Waals surface area (Å²) < 4.78 is 31.5. The quantitative estimate of drug-likeness (QED) is 0.647. The van der Waals surface area contributed by atoms with Gasteiger partial charge >= 0.3 is 0 Å². The summed E-state index contributed by atoms with van der Waals surface area (Å²) in [6, 6.07) is 5.72. The molecule has 6 nitrogen and oxygen atoms in total. The van der Waals surface area contributed by atoms with Gasteiger partial charge < -0.3 is 15.1 Å². The lowest BCUT2D eigenvalue weighted by atomic mass is 10.0. The first-order valence-electron chi connectivity index (χ1n) is 8.41. The van der Waals surface area contributed by atoms with Crippen LogP contribution in [0.25, 0.3) is 11.3 Å². The summed E-state index contributed by atoms with van der Waals surface area (Å²) in [4.78, 5) is 29.0. The number of halogens is 2. The normalized spacial score (nSPS) is 12.0. The summed E-state index contributed by atoms with van der Waals surface area (Å²) in [6.45, 7) is 3.59. The van der Waals surface area contributed by atoms with Crippen LogP contribution in [0.5, 0.6) is 0 Å². The van der Waals surface area contributed by atoms with Gasteiger partial charge in [0.2, 0.25) is 5.91 Å². The Morgan fingerprint density at radius 2 is 1.96 bits per heavy atom. The van der Waals surface area contributed by atoms with Crippen LogP contribution >= 0.6 is 11.3 Å². The number of aromatic nitrogens is 1. The maximum Gasteiger partial charge on any atom is 0.287 e. The van der Waals surface area contributed by atoms with Gasteiger partial charge in [-0.15, -0.1) is 11.3 Å². The summed E-state index contributed by atoms with van der Waals surface area (Å²) in [5.41, 5.74) is 0.794. The predicted molar refractivity (Wildman–Crippen MR) is 101 cm³/mol. The molecular formula is C19H17F2N3O3S. The van der Waals surface area contributed by atoms with E-state index in [1.54, 1.807) is 25.3 Å². The minimum absolute atomic E-state index is 0.105. The zero-order valence-electron chi connectivity index (χ0n) is 15.0. The molecule has 0 fully saturated rings. The smallest absolute Gasteiger partial charge is 0.287 e. The van der Waals surface area contributed by atoms with Gasteiger partial charge in [-0.3, -0.25) is 9.59 Å². The molecule has 28 heavy (non-hydrogen) atoms. The van der Waals surface area contributed by atoms with Gasteiger partial charge in [-0.1, -0.05) is 13.8 Å². The third-order valence-corrected chi connectivity index (χ3v) is 4.69. The first-order chi connectivity index (χ1) is 13.3. The molecule has 0 bridgehead atoms. The van der Waals surface area contributed by atoms with Crippen LogP contribution in [0.15, 0.2) is 46.4 Å². The van der Waals surface area contributed by atoms with E-state index in [0.717, 1.165) is 23.5 Å². The van der Waals surface area contributed by atoms with Crippen molar-refractivity contribution in [3.05, 3.63) is 59.4 Å². The van der Waals surface area contributed by atoms with E-state index in [2.05, 4.69) is 15.6 Å².